The van der Waals surface area contributed by atoms with E-state index in [1.807, 2.05) is 30.5 Å². The number of hydrazine groups is 1. The van der Waals surface area contributed by atoms with Gasteiger partial charge in [0.1, 0.15) is 0 Å². The van der Waals surface area contributed by atoms with E-state index < -0.39 is 0 Å². The van der Waals surface area contributed by atoms with E-state index >= 15 is 0 Å². The molecular formula is C34H46N6O. The number of piperazine rings is 1. The van der Waals surface area contributed by atoms with Gasteiger partial charge in [-0.1, -0.05) is 38.5 Å². The Labute approximate surface area is 245 Å². The predicted molar refractivity (Wildman–Crippen MR) is 167 cm³/mol. The van der Waals surface area contributed by atoms with Crippen LogP contribution in [0.25, 0.3) is 6.08 Å². The monoisotopic (exact) mass is 554 g/mol. The molecule has 7 heteroatoms. The summed E-state index contributed by atoms with van der Waals surface area (Å²) in [6.45, 7) is 16.4. The summed E-state index contributed by atoms with van der Waals surface area (Å²) in [5.74, 6) is 3.29. The molecule has 2 bridgehead atoms. The van der Waals surface area contributed by atoms with E-state index in [-0.39, 0.29) is 5.91 Å². The van der Waals surface area contributed by atoms with Crippen molar-refractivity contribution < 1.29 is 4.79 Å². The molecule has 3 saturated carbocycles. The van der Waals surface area contributed by atoms with Gasteiger partial charge in [0.15, 0.2) is 0 Å². The summed E-state index contributed by atoms with van der Waals surface area (Å²) >= 11 is 0. The van der Waals surface area contributed by atoms with Crippen LogP contribution in [0.4, 0.5) is 5.69 Å². The summed E-state index contributed by atoms with van der Waals surface area (Å²) in [7, 11) is 1.80. The second-order valence-corrected chi connectivity index (χ2v) is 13.3. The molecule has 41 heavy (non-hydrogen) atoms. The number of rotatable bonds is 4. The number of anilines is 1. The van der Waals surface area contributed by atoms with E-state index in [2.05, 4.69) is 78.5 Å². The normalized spacial score (nSPS) is 27.7. The quantitative estimate of drug-likeness (QED) is 0.385. The van der Waals surface area contributed by atoms with Gasteiger partial charge in [-0.25, -0.2) is 5.01 Å². The summed E-state index contributed by atoms with van der Waals surface area (Å²) in [4.78, 5) is 22.2. The fourth-order valence-electron chi connectivity index (χ4n) is 8.03. The molecule has 2 heterocycles. The third-order valence-corrected chi connectivity index (χ3v) is 10.6. The predicted octanol–water partition coefficient (Wildman–Crippen LogP) is 5.52. The molecule has 2 aromatic rings. The maximum atomic E-state index is 13.3. The number of hydrogen-bond acceptors (Lipinski definition) is 4. The number of carbonyl (C=O) groups is 1. The van der Waals surface area contributed by atoms with Gasteiger partial charge in [-0.05, 0) is 96.9 Å². The number of amides is 1. The molecule has 2 aliphatic heterocycles. The van der Waals surface area contributed by atoms with Gasteiger partial charge in [-0.15, -0.1) is 0 Å². The van der Waals surface area contributed by atoms with Crippen molar-refractivity contribution in [3.8, 4) is 0 Å². The molecule has 218 valence electrons. The lowest BCUT2D eigenvalue weighted by Gasteiger charge is -2.64. The first-order valence-corrected chi connectivity index (χ1v) is 15.3. The van der Waals surface area contributed by atoms with Gasteiger partial charge in [0.05, 0.1) is 6.54 Å². The van der Waals surface area contributed by atoms with Crippen molar-refractivity contribution in [1.29, 1.82) is 0 Å². The van der Waals surface area contributed by atoms with E-state index in [1.54, 1.807) is 11.9 Å². The van der Waals surface area contributed by atoms with Gasteiger partial charge < -0.3 is 10.2 Å². The Bertz CT molecular complexity index is 1350. The molecule has 1 amide bonds. The lowest BCUT2D eigenvalue weighted by Crippen LogP contribution is -2.64. The van der Waals surface area contributed by atoms with Gasteiger partial charge in [-0.3, -0.25) is 20.1 Å². The minimum absolute atomic E-state index is 0.00568. The zero-order valence-electron chi connectivity index (χ0n) is 25.6. The van der Waals surface area contributed by atoms with Gasteiger partial charge in [0, 0.05) is 56.7 Å². The van der Waals surface area contributed by atoms with Gasteiger partial charge in [0.25, 0.3) is 5.91 Å². The summed E-state index contributed by atoms with van der Waals surface area (Å²) in [5, 5.41) is 5.66. The lowest BCUT2D eigenvalue weighted by molar-refractivity contribution is -0.143. The largest absolute Gasteiger partial charge is 0.325 e. The Morgan fingerprint density at radius 3 is 2.41 bits per heavy atom. The Balaban J connectivity index is 1.00. The molecule has 4 unspecified atom stereocenters. The number of carbonyl (C=O) groups excluding carboxylic acids is 1. The van der Waals surface area contributed by atoms with Crippen LogP contribution in [0.5, 0.6) is 0 Å². The van der Waals surface area contributed by atoms with Crippen molar-refractivity contribution in [2.75, 3.05) is 38.5 Å². The van der Waals surface area contributed by atoms with Crippen LogP contribution in [0.3, 0.4) is 0 Å². The van der Waals surface area contributed by atoms with Crippen LogP contribution in [0, 0.1) is 37.0 Å². The van der Waals surface area contributed by atoms with Crippen LogP contribution >= 0.6 is 0 Å². The molecule has 0 spiro atoms. The zero-order valence-corrected chi connectivity index (χ0v) is 25.6. The third kappa shape index (κ3) is 5.30. The lowest BCUT2D eigenvalue weighted by atomic mass is 9.44. The first kappa shape index (κ1) is 28.0. The molecule has 2 N–H and O–H groups in total. The number of nitrogens with one attached hydrogen (secondary N) is 2. The van der Waals surface area contributed by atoms with Crippen LogP contribution in [-0.4, -0.2) is 65.9 Å². The van der Waals surface area contributed by atoms with E-state index in [0.717, 1.165) is 55.7 Å². The number of benzene rings is 2. The molecule has 0 radical (unpaired) electrons. The number of aliphatic imine (C=N–C) groups is 1. The average Bonchev–Trinajstić information content (AvgIpc) is 2.96. The van der Waals surface area contributed by atoms with Gasteiger partial charge in [0.2, 0.25) is 5.96 Å². The molecule has 4 atom stereocenters. The van der Waals surface area contributed by atoms with Crippen molar-refractivity contribution in [2.45, 2.75) is 60.0 Å². The number of hydrogen-bond donors (Lipinski definition) is 2. The number of nitrogens with zero attached hydrogens (tertiary/aromatic N) is 4. The van der Waals surface area contributed by atoms with E-state index in [9.17, 15) is 4.79 Å². The molecule has 7 nitrogen and oxygen atoms in total. The SMILES string of the molecule is CN=C(Nc1ccc(C(=O)N2C=Cc3c(C)cc(C)cc3C2)cc1)NN1CCN(C2CC3CC(C2C)C3(C)C)CC1. The molecular weight excluding hydrogens is 508 g/mol. The van der Waals surface area contributed by atoms with Crippen LogP contribution in [-0.2, 0) is 6.54 Å². The maximum absolute atomic E-state index is 13.3. The van der Waals surface area contributed by atoms with Crippen molar-refractivity contribution in [3.05, 3.63) is 70.4 Å². The van der Waals surface area contributed by atoms with E-state index in [4.69, 9.17) is 0 Å². The summed E-state index contributed by atoms with van der Waals surface area (Å²) in [5.41, 5.74) is 10.5. The highest BCUT2D eigenvalue weighted by Crippen LogP contribution is 2.62. The minimum Gasteiger partial charge on any atom is -0.325 e. The Kier molecular flexibility index (Phi) is 7.45. The Morgan fingerprint density at radius 1 is 1.02 bits per heavy atom. The molecule has 1 saturated heterocycles. The first-order valence-electron chi connectivity index (χ1n) is 15.3. The highest BCUT2D eigenvalue weighted by Gasteiger charge is 2.57. The highest BCUT2D eigenvalue weighted by molar-refractivity contribution is 5.97. The topological polar surface area (TPSA) is 63.2 Å². The van der Waals surface area contributed by atoms with Crippen molar-refractivity contribution >= 4 is 23.6 Å². The van der Waals surface area contributed by atoms with Crippen molar-refractivity contribution in [1.82, 2.24) is 20.2 Å². The molecule has 2 aromatic carbocycles. The zero-order chi connectivity index (χ0) is 28.9. The number of aryl methyl sites for hydroxylation is 2. The maximum Gasteiger partial charge on any atom is 0.258 e. The fourth-order valence-corrected chi connectivity index (χ4v) is 8.03. The average molecular weight is 555 g/mol. The summed E-state index contributed by atoms with van der Waals surface area (Å²) in [6.07, 6.45) is 6.76. The number of fused-ring (bicyclic) bond motifs is 3. The molecule has 3 aliphatic carbocycles. The highest BCUT2D eigenvalue weighted by atomic mass is 16.2. The van der Waals surface area contributed by atoms with E-state index in [1.165, 1.54) is 35.1 Å². The fraction of sp³-hybridized carbons (Fsp3) is 0.529. The first-order chi connectivity index (χ1) is 19.6. The number of guanidine groups is 1. The summed E-state index contributed by atoms with van der Waals surface area (Å²) < 4.78 is 0. The van der Waals surface area contributed by atoms with Crippen LogP contribution in [0.2, 0.25) is 0 Å². The van der Waals surface area contributed by atoms with Crippen LogP contribution < -0.4 is 10.7 Å². The van der Waals surface area contributed by atoms with Crippen molar-refractivity contribution in [3.63, 3.8) is 0 Å². The van der Waals surface area contributed by atoms with E-state index in [0.29, 0.717) is 23.5 Å². The minimum atomic E-state index is 0.00568. The Hall–Kier alpha value is -3.16. The second kappa shape index (κ2) is 10.9. The van der Waals surface area contributed by atoms with Gasteiger partial charge >= 0.3 is 0 Å². The van der Waals surface area contributed by atoms with Crippen LogP contribution in [0.1, 0.15) is 66.2 Å². The molecule has 0 aromatic heterocycles. The third-order valence-electron chi connectivity index (χ3n) is 10.6. The van der Waals surface area contributed by atoms with Gasteiger partial charge in [-0.2, -0.15) is 0 Å². The molecule has 5 aliphatic rings. The smallest absolute Gasteiger partial charge is 0.258 e. The summed E-state index contributed by atoms with van der Waals surface area (Å²) in [6, 6.07) is 12.8. The second-order valence-electron chi connectivity index (χ2n) is 13.3. The Morgan fingerprint density at radius 2 is 1.76 bits per heavy atom. The molecule has 7 rings (SSSR count). The van der Waals surface area contributed by atoms with Crippen LogP contribution in [0.15, 0.2) is 47.6 Å². The molecule has 4 fully saturated rings. The standard InChI is InChI=1S/C34H46N6O/c1-22-17-23(2)29-11-12-39(21-26(29)18-22)32(41)25-7-9-28(10-8-25)36-33(35-6)37-40-15-13-38(14-16-40)31-20-27-19-30(24(31)3)34(27,4)5/h7-12,17-18,24,27,30-31H,13-16,19-21H2,1-6H3,(H2,35,36,37). The van der Waals surface area contributed by atoms with Crippen molar-refractivity contribution in [2.24, 2.45) is 28.2 Å².